The van der Waals surface area contributed by atoms with Crippen LogP contribution in [0.3, 0.4) is 0 Å². The number of thioether (sulfide) groups is 1. The van der Waals surface area contributed by atoms with Crippen LogP contribution < -0.4 is 5.32 Å². The minimum atomic E-state index is 0.741. The predicted octanol–water partition coefficient (Wildman–Crippen LogP) is 2.70. The van der Waals surface area contributed by atoms with Crippen LogP contribution in [0.25, 0.3) is 0 Å². The van der Waals surface area contributed by atoms with Crippen molar-refractivity contribution in [3.63, 3.8) is 0 Å². The molecule has 0 radical (unpaired) electrons. The molecule has 17 heavy (non-hydrogen) atoms. The van der Waals surface area contributed by atoms with Crippen molar-refractivity contribution in [2.24, 2.45) is 0 Å². The third kappa shape index (κ3) is 4.72. The first-order valence-corrected chi connectivity index (χ1v) is 7.79. The van der Waals surface area contributed by atoms with Gasteiger partial charge in [-0.25, -0.2) is 0 Å². The molecule has 0 bridgehead atoms. The van der Waals surface area contributed by atoms with E-state index in [-0.39, 0.29) is 0 Å². The van der Waals surface area contributed by atoms with Gasteiger partial charge in [0.15, 0.2) is 0 Å². The Labute approximate surface area is 109 Å². The van der Waals surface area contributed by atoms with E-state index in [2.05, 4.69) is 48.2 Å². The fraction of sp³-hybridized carbons (Fsp3) is 0.769. The largest absolute Gasteiger partial charge is 0.311 e. The monoisotopic (exact) mass is 255 g/mol. The minimum Gasteiger partial charge on any atom is -0.311 e. The van der Waals surface area contributed by atoms with Crippen LogP contribution in [0.15, 0.2) is 6.07 Å². The summed E-state index contributed by atoms with van der Waals surface area (Å²) in [5, 5.41) is 8.80. The predicted molar refractivity (Wildman–Crippen MR) is 76.6 cm³/mol. The molecule has 1 rings (SSSR count). The van der Waals surface area contributed by atoms with Gasteiger partial charge < -0.3 is 5.32 Å². The number of hydrogen-bond acceptors (Lipinski definition) is 3. The van der Waals surface area contributed by atoms with Gasteiger partial charge in [-0.15, -0.1) is 0 Å². The van der Waals surface area contributed by atoms with Gasteiger partial charge in [0.2, 0.25) is 0 Å². The van der Waals surface area contributed by atoms with Crippen LogP contribution in [-0.2, 0) is 19.5 Å². The van der Waals surface area contributed by atoms with Gasteiger partial charge in [0.1, 0.15) is 0 Å². The normalized spacial score (nSPS) is 12.9. The Morgan fingerprint density at radius 3 is 2.82 bits per heavy atom. The molecular weight excluding hydrogens is 230 g/mol. The fourth-order valence-electron chi connectivity index (χ4n) is 1.74. The summed E-state index contributed by atoms with van der Waals surface area (Å²) >= 11 is 1.93. The molecule has 0 saturated heterocycles. The first-order chi connectivity index (χ1) is 8.21. The molecule has 1 atom stereocenters. The van der Waals surface area contributed by atoms with Gasteiger partial charge in [-0.05, 0) is 38.6 Å². The lowest BCUT2D eigenvalue weighted by Crippen LogP contribution is -2.19. The van der Waals surface area contributed by atoms with Crippen molar-refractivity contribution in [1.82, 2.24) is 15.1 Å². The lowest BCUT2D eigenvalue weighted by atomic mass is 10.3. The minimum absolute atomic E-state index is 0.741. The summed E-state index contributed by atoms with van der Waals surface area (Å²) in [6.07, 6.45) is 4.41. The molecule has 0 aliphatic rings. The second kappa shape index (κ2) is 7.77. The van der Waals surface area contributed by atoms with Crippen molar-refractivity contribution in [2.75, 3.05) is 12.8 Å². The topological polar surface area (TPSA) is 29.9 Å². The summed E-state index contributed by atoms with van der Waals surface area (Å²) in [4.78, 5) is 0. The quantitative estimate of drug-likeness (QED) is 0.724. The zero-order valence-corrected chi connectivity index (χ0v) is 12.3. The van der Waals surface area contributed by atoms with Crippen LogP contribution in [0.2, 0.25) is 0 Å². The molecule has 4 heteroatoms. The molecule has 1 N–H and O–H groups in total. The van der Waals surface area contributed by atoms with Crippen LogP contribution in [0.1, 0.15) is 38.6 Å². The summed E-state index contributed by atoms with van der Waals surface area (Å²) < 4.78 is 2.10. The Kier molecular flexibility index (Phi) is 6.66. The van der Waals surface area contributed by atoms with Crippen molar-refractivity contribution < 1.29 is 0 Å². The van der Waals surface area contributed by atoms with Crippen LogP contribution in [-0.4, -0.2) is 27.8 Å². The molecule has 0 amide bonds. The number of nitrogens with zero attached hydrogens (tertiary/aromatic N) is 2. The Bertz CT molecular complexity index is 322. The lowest BCUT2D eigenvalue weighted by molar-refractivity contribution is 0.570. The maximum Gasteiger partial charge on any atom is 0.0625 e. The lowest BCUT2D eigenvalue weighted by Gasteiger charge is -2.09. The molecule has 0 saturated carbocycles. The molecule has 0 fully saturated rings. The number of aryl methyl sites for hydroxylation is 2. The number of nitrogens with one attached hydrogen (secondary N) is 1. The van der Waals surface area contributed by atoms with E-state index in [0.717, 1.165) is 31.3 Å². The molecule has 0 spiro atoms. The van der Waals surface area contributed by atoms with E-state index < -0.39 is 0 Å². The number of hydrogen-bond donors (Lipinski definition) is 1. The standard InChI is InChI=1S/C13H25N3S/c1-5-12-9-13(16(6-2)15-12)10-14-8-7-11(3)17-4/h9,11,14H,5-8,10H2,1-4H3. The van der Waals surface area contributed by atoms with Crippen molar-refractivity contribution in [3.8, 4) is 0 Å². The molecule has 1 aromatic heterocycles. The average molecular weight is 255 g/mol. The van der Waals surface area contributed by atoms with Crippen molar-refractivity contribution >= 4 is 11.8 Å². The first-order valence-electron chi connectivity index (χ1n) is 6.50. The highest BCUT2D eigenvalue weighted by Gasteiger charge is 2.05. The zero-order valence-electron chi connectivity index (χ0n) is 11.5. The van der Waals surface area contributed by atoms with E-state index >= 15 is 0 Å². The smallest absolute Gasteiger partial charge is 0.0625 e. The van der Waals surface area contributed by atoms with Gasteiger partial charge in [0.05, 0.1) is 11.4 Å². The molecule has 1 unspecified atom stereocenters. The molecule has 1 aromatic rings. The average Bonchev–Trinajstić information content (AvgIpc) is 2.76. The van der Waals surface area contributed by atoms with Crippen molar-refractivity contribution in [2.45, 2.75) is 52.0 Å². The number of aromatic nitrogens is 2. The first kappa shape index (κ1) is 14.6. The Morgan fingerprint density at radius 1 is 1.47 bits per heavy atom. The summed E-state index contributed by atoms with van der Waals surface area (Å²) in [6.45, 7) is 9.54. The fourth-order valence-corrected chi connectivity index (χ4v) is 2.10. The van der Waals surface area contributed by atoms with Crippen LogP contribution in [0, 0.1) is 0 Å². The van der Waals surface area contributed by atoms with Gasteiger partial charge >= 0.3 is 0 Å². The van der Waals surface area contributed by atoms with Gasteiger partial charge in [0, 0.05) is 18.3 Å². The maximum absolute atomic E-state index is 4.55. The highest BCUT2D eigenvalue weighted by atomic mass is 32.2. The van der Waals surface area contributed by atoms with Gasteiger partial charge in [-0.1, -0.05) is 13.8 Å². The number of rotatable bonds is 8. The summed E-state index contributed by atoms with van der Waals surface area (Å²) in [5.41, 5.74) is 2.50. The van der Waals surface area contributed by atoms with Crippen molar-refractivity contribution in [3.05, 3.63) is 17.5 Å². The molecular formula is C13H25N3S. The summed E-state index contributed by atoms with van der Waals surface area (Å²) in [5.74, 6) is 0. The van der Waals surface area contributed by atoms with Crippen LogP contribution in [0.4, 0.5) is 0 Å². The van der Waals surface area contributed by atoms with Gasteiger partial charge in [-0.2, -0.15) is 16.9 Å². The summed E-state index contributed by atoms with van der Waals surface area (Å²) in [6, 6.07) is 2.22. The van der Waals surface area contributed by atoms with Crippen LogP contribution in [0.5, 0.6) is 0 Å². The molecule has 3 nitrogen and oxygen atoms in total. The zero-order chi connectivity index (χ0) is 12.7. The van der Waals surface area contributed by atoms with E-state index in [1.807, 2.05) is 11.8 Å². The highest BCUT2D eigenvalue weighted by Crippen LogP contribution is 2.09. The summed E-state index contributed by atoms with van der Waals surface area (Å²) in [7, 11) is 0. The second-order valence-electron chi connectivity index (χ2n) is 4.31. The van der Waals surface area contributed by atoms with E-state index in [0.29, 0.717) is 0 Å². The maximum atomic E-state index is 4.55. The Hall–Kier alpha value is -0.480. The van der Waals surface area contributed by atoms with E-state index in [9.17, 15) is 0 Å². The third-order valence-electron chi connectivity index (χ3n) is 3.01. The van der Waals surface area contributed by atoms with Crippen LogP contribution >= 0.6 is 11.8 Å². The Morgan fingerprint density at radius 2 is 2.24 bits per heavy atom. The Balaban J connectivity index is 2.37. The third-order valence-corrected chi connectivity index (χ3v) is 4.05. The van der Waals surface area contributed by atoms with Gasteiger partial charge in [-0.3, -0.25) is 4.68 Å². The van der Waals surface area contributed by atoms with E-state index in [1.165, 1.54) is 17.8 Å². The van der Waals surface area contributed by atoms with Gasteiger partial charge in [0.25, 0.3) is 0 Å². The van der Waals surface area contributed by atoms with Crippen molar-refractivity contribution in [1.29, 1.82) is 0 Å². The molecule has 0 aliphatic carbocycles. The SMILES string of the molecule is CCc1cc(CNCCC(C)SC)n(CC)n1. The second-order valence-corrected chi connectivity index (χ2v) is 5.58. The molecule has 1 heterocycles. The molecule has 98 valence electrons. The van der Waals surface area contributed by atoms with E-state index in [1.54, 1.807) is 0 Å². The van der Waals surface area contributed by atoms with E-state index in [4.69, 9.17) is 0 Å². The highest BCUT2D eigenvalue weighted by molar-refractivity contribution is 7.99. The molecule has 0 aromatic carbocycles. The molecule has 0 aliphatic heterocycles.